The summed E-state index contributed by atoms with van der Waals surface area (Å²) in [7, 11) is 0. The second-order valence-corrected chi connectivity index (χ2v) is 9.97. The number of carbonyl (C=O) groups is 2. The molecule has 2 aliphatic rings. The number of hydrogen-bond donors (Lipinski definition) is 1. The number of thiazole rings is 1. The van der Waals surface area contributed by atoms with Gasteiger partial charge in [0.05, 0.1) is 0 Å². The second-order valence-electron chi connectivity index (χ2n) is 8.30. The summed E-state index contributed by atoms with van der Waals surface area (Å²) in [6, 6.07) is 0. The summed E-state index contributed by atoms with van der Waals surface area (Å²) in [5.41, 5.74) is -1.23. The Balaban J connectivity index is 1.75. The first kappa shape index (κ1) is 20.5. The van der Waals surface area contributed by atoms with Crippen molar-refractivity contribution < 1.29 is 24.2 Å². The van der Waals surface area contributed by atoms with Gasteiger partial charge in [-0.05, 0) is 67.8 Å². The molecule has 3 unspecified atom stereocenters. The van der Waals surface area contributed by atoms with Crippen molar-refractivity contribution in [2.75, 3.05) is 19.7 Å². The molecule has 2 fully saturated rings. The van der Waals surface area contributed by atoms with Crippen LogP contribution in [0.15, 0.2) is 9.98 Å². The average molecular weight is 461 g/mol. The van der Waals surface area contributed by atoms with Gasteiger partial charge in [0.15, 0.2) is 0 Å². The van der Waals surface area contributed by atoms with Crippen LogP contribution in [-0.2, 0) is 19.9 Å². The standard InChI is InChI=1S/C18H25BrN2O5S/c1-17(2,3)26-16(24)21-7-11-4-5-18(6-12(11)8-21,25-9-14(22)23)15-20-13(19)10-27-15/h10-12H,4-9H2,1-3H3,(H,22,23). The van der Waals surface area contributed by atoms with E-state index in [9.17, 15) is 9.59 Å². The summed E-state index contributed by atoms with van der Waals surface area (Å²) in [5.74, 6) is -0.376. The number of halogens is 1. The summed E-state index contributed by atoms with van der Waals surface area (Å²) >= 11 is 4.85. The molecule has 27 heavy (non-hydrogen) atoms. The number of carbonyl (C=O) groups excluding carboxylic acids is 1. The van der Waals surface area contributed by atoms with E-state index in [1.165, 1.54) is 11.3 Å². The minimum Gasteiger partial charge on any atom is -0.480 e. The highest BCUT2D eigenvalue weighted by Gasteiger charge is 2.49. The predicted octanol–water partition coefficient (Wildman–Crippen LogP) is 3.87. The van der Waals surface area contributed by atoms with Crippen LogP contribution in [0.1, 0.15) is 45.0 Å². The minimum atomic E-state index is -0.992. The molecule has 0 bridgehead atoms. The lowest BCUT2D eigenvalue weighted by Crippen LogP contribution is -2.40. The summed E-state index contributed by atoms with van der Waals surface area (Å²) in [5, 5.41) is 11.8. The Morgan fingerprint density at radius 2 is 2.11 bits per heavy atom. The summed E-state index contributed by atoms with van der Waals surface area (Å²) in [4.78, 5) is 29.8. The molecule has 1 saturated carbocycles. The molecule has 7 nitrogen and oxygen atoms in total. The lowest BCUT2D eigenvalue weighted by atomic mass is 9.73. The molecular weight excluding hydrogens is 436 g/mol. The number of fused-ring (bicyclic) bond motifs is 1. The highest BCUT2D eigenvalue weighted by atomic mass is 79.9. The molecule has 2 heterocycles. The zero-order valence-corrected chi connectivity index (χ0v) is 18.1. The molecule has 150 valence electrons. The Bertz CT molecular complexity index is 719. The Morgan fingerprint density at radius 1 is 1.41 bits per heavy atom. The summed E-state index contributed by atoms with van der Waals surface area (Å²) < 4.78 is 12.1. The highest BCUT2D eigenvalue weighted by molar-refractivity contribution is 9.10. The van der Waals surface area contributed by atoms with Gasteiger partial charge in [-0.15, -0.1) is 11.3 Å². The molecule has 0 radical (unpaired) electrons. The monoisotopic (exact) mass is 460 g/mol. The Morgan fingerprint density at radius 3 is 2.70 bits per heavy atom. The molecule has 9 heteroatoms. The van der Waals surface area contributed by atoms with Gasteiger partial charge in [-0.1, -0.05) is 0 Å². The Kier molecular flexibility index (Phi) is 5.84. The number of carboxylic acids is 1. The van der Waals surface area contributed by atoms with Gasteiger partial charge in [-0.2, -0.15) is 0 Å². The fraction of sp³-hybridized carbons (Fsp3) is 0.722. The van der Waals surface area contributed by atoms with Crippen molar-refractivity contribution in [2.24, 2.45) is 11.8 Å². The quantitative estimate of drug-likeness (QED) is 0.733. The maximum Gasteiger partial charge on any atom is 0.410 e. The number of ether oxygens (including phenoxy) is 2. The minimum absolute atomic E-state index is 0.239. The van der Waals surface area contributed by atoms with Crippen LogP contribution in [0.25, 0.3) is 0 Å². The van der Waals surface area contributed by atoms with E-state index in [0.29, 0.717) is 31.8 Å². The van der Waals surface area contributed by atoms with Gasteiger partial charge < -0.3 is 19.5 Å². The zero-order valence-electron chi connectivity index (χ0n) is 15.7. The zero-order chi connectivity index (χ0) is 19.8. The van der Waals surface area contributed by atoms with Gasteiger partial charge in [0.2, 0.25) is 0 Å². The van der Waals surface area contributed by atoms with E-state index in [0.717, 1.165) is 16.0 Å². The van der Waals surface area contributed by atoms with E-state index in [-0.39, 0.29) is 18.6 Å². The van der Waals surface area contributed by atoms with Gasteiger partial charge in [-0.25, -0.2) is 14.6 Å². The first-order valence-electron chi connectivity index (χ1n) is 9.03. The molecule has 3 rings (SSSR count). The van der Waals surface area contributed by atoms with Crippen molar-refractivity contribution in [3.8, 4) is 0 Å². The Labute approximate surface area is 171 Å². The number of aromatic nitrogens is 1. The second kappa shape index (κ2) is 7.67. The van der Waals surface area contributed by atoms with Crippen LogP contribution in [0.2, 0.25) is 0 Å². The third-order valence-corrected chi connectivity index (χ3v) is 6.81. The molecule has 1 aromatic rings. The molecular formula is C18H25BrN2O5S. The van der Waals surface area contributed by atoms with Gasteiger partial charge in [0.1, 0.15) is 27.4 Å². The average Bonchev–Trinajstić information content (AvgIpc) is 3.17. The fourth-order valence-corrected chi connectivity index (χ4v) is 5.41. The van der Waals surface area contributed by atoms with Crippen molar-refractivity contribution >= 4 is 39.3 Å². The van der Waals surface area contributed by atoms with Crippen molar-refractivity contribution in [3.63, 3.8) is 0 Å². The van der Waals surface area contributed by atoms with Crippen molar-refractivity contribution in [2.45, 2.75) is 51.2 Å². The van der Waals surface area contributed by atoms with E-state index in [1.807, 2.05) is 26.2 Å². The molecule has 1 N–H and O–H groups in total. The summed E-state index contributed by atoms with van der Waals surface area (Å²) in [6.07, 6.45) is 1.93. The molecule has 1 amide bonds. The number of aliphatic carboxylic acids is 1. The summed E-state index contributed by atoms with van der Waals surface area (Å²) in [6.45, 7) is 6.50. The van der Waals surface area contributed by atoms with Crippen molar-refractivity contribution in [3.05, 3.63) is 15.0 Å². The molecule has 0 spiro atoms. The molecule has 0 aromatic carbocycles. The first-order valence-corrected chi connectivity index (χ1v) is 10.7. The van der Waals surface area contributed by atoms with Crippen LogP contribution >= 0.6 is 27.3 Å². The SMILES string of the molecule is CC(C)(C)OC(=O)N1CC2CCC(OCC(=O)O)(c3nc(Br)cs3)CC2C1. The third-order valence-electron chi connectivity index (χ3n) is 5.08. The topological polar surface area (TPSA) is 89.0 Å². The van der Waals surface area contributed by atoms with E-state index >= 15 is 0 Å². The van der Waals surface area contributed by atoms with Crippen LogP contribution in [-0.4, -0.2) is 52.4 Å². The number of carboxylic acid groups (broad SMARTS) is 1. The number of hydrogen-bond acceptors (Lipinski definition) is 6. The van der Waals surface area contributed by atoms with Crippen LogP contribution in [0.5, 0.6) is 0 Å². The van der Waals surface area contributed by atoms with E-state index in [2.05, 4.69) is 20.9 Å². The third kappa shape index (κ3) is 4.81. The first-order chi connectivity index (χ1) is 12.6. The largest absolute Gasteiger partial charge is 0.480 e. The number of amides is 1. The van der Waals surface area contributed by atoms with Crippen LogP contribution in [0, 0.1) is 11.8 Å². The van der Waals surface area contributed by atoms with Crippen molar-refractivity contribution in [1.82, 2.24) is 9.88 Å². The maximum absolute atomic E-state index is 12.4. The van der Waals surface area contributed by atoms with Gasteiger partial charge in [0.25, 0.3) is 0 Å². The molecule has 3 atom stereocenters. The number of nitrogens with zero attached hydrogens (tertiary/aromatic N) is 2. The molecule has 1 aliphatic carbocycles. The maximum atomic E-state index is 12.4. The fourth-order valence-electron chi connectivity index (χ4n) is 3.97. The van der Waals surface area contributed by atoms with Crippen LogP contribution in [0.3, 0.4) is 0 Å². The smallest absolute Gasteiger partial charge is 0.410 e. The van der Waals surface area contributed by atoms with Crippen molar-refractivity contribution in [1.29, 1.82) is 0 Å². The predicted molar refractivity (Wildman–Crippen MR) is 104 cm³/mol. The normalized spacial score (nSPS) is 28.1. The molecule has 1 saturated heterocycles. The Hall–Kier alpha value is -1.19. The van der Waals surface area contributed by atoms with Crippen LogP contribution in [0.4, 0.5) is 4.79 Å². The van der Waals surface area contributed by atoms with Gasteiger partial charge in [0, 0.05) is 18.5 Å². The molecule has 1 aromatic heterocycles. The molecule has 1 aliphatic heterocycles. The van der Waals surface area contributed by atoms with Crippen LogP contribution < -0.4 is 0 Å². The van der Waals surface area contributed by atoms with Gasteiger partial charge in [-0.3, -0.25) is 0 Å². The number of likely N-dealkylation sites (tertiary alicyclic amines) is 1. The highest BCUT2D eigenvalue weighted by Crippen LogP contribution is 2.49. The lowest BCUT2D eigenvalue weighted by molar-refractivity contribution is -0.156. The van der Waals surface area contributed by atoms with E-state index in [4.69, 9.17) is 14.6 Å². The van der Waals surface area contributed by atoms with E-state index in [1.54, 1.807) is 4.90 Å². The van der Waals surface area contributed by atoms with Gasteiger partial charge >= 0.3 is 12.1 Å². The number of rotatable bonds is 4. The van der Waals surface area contributed by atoms with E-state index < -0.39 is 17.2 Å². The lowest BCUT2D eigenvalue weighted by Gasteiger charge is -2.40.